The zero-order chi connectivity index (χ0) is 37.2. The molecule has 10 aromatic rings. The van der Waals surface area contributed by atoms with Gasteiger partial charge in [-0.2, -0.15) is 0 Å². The predicted molar refractivity (Wildman–Crippen MR) is 195 cm³/mol. The fourth-order valence-corrected chi connectivity index (χ4v) is 6.39. The van der Waals surface area contributed by atoms with E-state index in [0.717, 1.165) is 65.9 Å². The molecular weight excluding hydrogens is 781 g/mol. The Hall–Kier alpha value is -5.68. The van der Waals surface area contributed by atoms with Crippen molar-refractivity contribution >= 4 is 60.3 Å². The molecule has 0 aliphatic rings. The quantitative estimate of drug-likeness (QED) is 0.129. The average Bonchev–Trinajstić information content (AvgIpc) is 3.75. The first-order valence-corrected chi connectivity index (χ1v) is 15.4. The molecule has 0 aliphatic heterocycles. The van der Waals surface area contributed by atoms with Crippen LogP contribution in [0.3, 0.4) is 0 Å². The Labute approximate surface area is 304 Å². The van der Waals surface area contributed by atoms with Gasteiger partial charge in [0.1, 0.15) is 17.5 Å². The zero-order valence-electron chi connectivity index (χ0n) is 31.7. The molecule has 0 amide bonds. The van der Waals surface area contributed by atoms with Crippen molar-refractivity contribution in [1.29, 1.82) is 0 Å². The molecule has 0 unspecified atom stereocenters. The van der Waals surface area contributed by atoms with Crippen molar-refractivity contribution in [1.82, 2.24) is 19.4 Å². The van der Waals surface area contributed by atoms with Gasteiger partial charge in [0, 0.05) is 50.3 Å². The van der Waals surface area contributed by atoms with E-state index in [2.05, 4.69) is 105 Å². The number of pyridine rings is 1. The summed E-state index contributed by atoms with van der Waals surface area (Å²) in [7, 11) is 0. The largest absolute Gasteiger partial charge is 0.456 e. The number of aromatic nitrogens is 4. The molecule has 4 heterocycles. The van der Waals surface area contributed by atoms with Crippen molar-refractivity contribution in [2.45, 2.75) is 13.7 Å². The predicted octanol–water partition coefficient (Wildman–Crippen LogP) is 10.7. The van der Waals surface area contributed by atoms with E-state index in [0.29, 0.717) is 11.3 Å². The van der Waals surface area contributed by atoms with Crippen LogP contribution in [0.4, 0.5) is 0 Å². The maximum Gasteiger partial charge on any atom is 0.136 e. The maximum absolute atomic E-state index is 7.31. The molecule has 6 heteroatoms. The summed E-state index contributed by atoms with van der Waals surface area (Å²) in [5, 5.41) is 5.52. The Kier molecular flexibility index (Phi) is 6.19. The average molecular weight is 815 g/mol. The van der Waals surface area contributed by atoms with Crippen LogP contribution >= 0.6 is 0 Å². The molecule has 0 aliphatic carbocycles. The third-order valence-corrected chi connectivity index (χ3v) is 8.62. The molecule has 10 rings (SSSR count). The fraction of sp³-hybridized carbons (Fsp3) is 0.0465. The minimum absolute atomic E-state index is 0. The first kappa shape index (κ1) is 24.5. The van der Waals surface area contributed by atoms with E-state index in [1.54, 1.807) is 6.07 Å². The van der Waals surface area contributed by atoms with E-state index in [-0.39, 0.29) is 31.4 Å². The number of benzene rings is 6. The summed E-state index contributed by atoms with van der Waals surface area (Å²) in [5.41, 5.74) is 9.29. The Morgan fingerprint density at radius 3 is 2.41 bits per heavy atom. The van der Waals surface area contributed by atoms with Gasteiger partial charge in [-0.25, -0.2) is 4.98 Å². The second-order valence-corrected chi connectivity index (χ2v) is 11.5. The van der Waals surface area contributed by atoms with Crippen LogP contribution < -0.4 is 0 Å². The van der Waals surface area contributed by atoms with E-state index in [1.807, 2.05) is 24.3 Å². The van der Waals surface area contributed by atoms with Gasteiger partial charge in [0.25, 0.3) is 0 Å². The third-order valence-electron chi connectivity index (χ3n) is 8.62. The van der Waals surface area contributed by atoms with Crippen LogP contribution in [-0.2, 0) is 20.1 Å². The number of hydrogen-bond donors (Lipinski definition) is 0. The van der Waals surface area contributed by atoms with Crippen molar-refractivity contribution in [3.05, 3.63) is 157 Å². The number of hydrogen-bond acceptors (Lipinski definition) is 4. The van der Waals surface area contributed by atoms with Crippen LogP contribution in [0.2, 0.25) is 0 Å². The molecular formula is C43H28IrN4O-2. The first-order chi connectivity index (χ1) is 26.0. The van der Waals surface area contributed by atoms with E-state index in [4.69, 9.17) is 17.6 Å². The van der Waals surface area contributed by atoms with Crippen molar-refractivity contribution in [2.24, 2.45) is 0 Å². The summed E-state index contributed by atoms with van der Waals surface area (Å²) in [6, 6.07) is 47.7. The molecule has 0 saturated carbocycles. The van der Waals surface area contributed by atoms with Gasteiger partial charge in [-0.15, -0.1) is 65.0 Å². The molecule has 6 aromatic carbocycles. The van der Waals surface area contributed by atoms with Gasteiger partial charge in [-0.05, 0) is 65.5 Å². The molecule has 4 aromatic heterocycles. The molecule has 49 heavy (non-hydrogen) atoms. The van der Waals surface area contributed by atoms with Crippen LogP contribution in [0.1, 0.15) is 19.5 Å². The molecule has 0 fully saturated rings. The van der Waals surface area contributed by atoms with Crippen LogP contribution in [0, 0.1) is 25.8 Å². The zero-order valence-corrected chi connectivity index (χ0v) is 28.1. The SMILES string of the molecule is [2H]C([2H])([2H])c1c[c-]c(-c2cc(C([2H])([2H])[2H])ncn2)cc1.[Ir].[c-]1cccc2c1c1nc3ccccc3n1c1cc3c(cc21)oc1cc(-c2ccccc2)ccc13. The monoisotopic (exact) mass is 815 g/mol. The summed E-state index contributed by atoms with van der Waals surface area (Å²) in [6.07, 6.45) is 1.17. The van der Waals surface area contributed by atoms with E-state index in [9.17, 15) is 0 Å². The summed E-state index contributed by atoms with van der Waals surface area (Å²) >= 11 is 0. The second-order valence-electron chi connectivity index (χ2n) is 11.5. The minimum atomic E-state index is -2.31. The summed E-state index contributed by atoms with van der Waals surface area (Å²) in [5.74, 6) is 0. The summed E-state index contributed by atoms with van der Waals surface area (Å²) < 4.78 is 52.4. The number of nitrogens with zero attached hydrogens (tertiary/aromatic N) is 4. The van der Waals surface area contributed by atoms with Crippen molar-refractivity contribution in [3.63, 3.8) is 0 Å². The van der Waals surface area contributed by atoms with Crippen LogP contribution in [0.5, 0.6) is 0 Å². The van der Waals surface area contributed by atoms with Gasteiger partial charge in [0.2, 0.25) is 0 Å². The maximum atomic E-state index is 7.31. The minimum Gasteiger partial charge on any atom is -0.456 e. The Bertz CT molecular complexity index is 3030. The van der Waals surface area contributed by atoms with Gasteiger partial charge in [0.05, 0.1) is 16.7 Å². The third kappa shape index (κ3) is 5.36. The van der Waals surface area contributed by atoms with Gasteiger partial charge < -0.3 is 8.82 Å². The molecule has 5 nitrogen and oxygen atoms in total. The number of rotatable bonds is 2. The fourth-order valence-electron chi connectivity index (χ4n) is 6.39. The van der Waals surface area contributed by atoms with Crippen LogP contribution in [0.15, 0.2) is 138 Å². The summed E-state index contributed by atoms with van der Waals surface area (Å²) in [4.78, 5) is 12.7. The Balaban J connectivity index is 0.000000176. The molecule has 0 atom stereocenters. The molecule has 0 saturated heterocycles. The standard InChI is InChI=1S/C31H17N2O.C12H11N2.Ir/c1-2-8-19(9-3-1)20-14-15-22-25-17-28-24(18-30(25)34-29(22)16-20)21-10-4-5-11-23(21)31-32-26-12-6-7-13-27(26)33(28)31;1-9-3-5-11(6-4-9)12-7-10(2)13-8-14-12;/h1-10,12-18H;3-5,7-8H,1-2H3;/q2*-1;/i;1D3,2D3;. The molecule has 0 bridgehead atoms. The molecule has 1 radical (unpaired) electrons. The van der Waals surface area contributed by atoms with Gasteiger partial charge in [-0.3, -0.25) is 9.97 Å². The molecule has 0 spiro atoms. The number of aryl methyl sites for hydroxylation is 2. The second kappa shape index (κ2) is 12.4. The van der Waals surface area contributed by atoms with E-state index < -0.39 is 13.7 Å². The van der Waals surface area contributed by atoms with E-state index >= 15 is 0 Å². The Morgan fingerprint density at radius 2 is 1.55 bits per heavy atom. The summed E-state index contributed by atoms with van der Waals surface area (Å²) in [6.45, 7) is -4.50. The van der Waals surface area contributed by atoms with Crippen LogP contribution in [-0.4, -0.2) is 19.4 Å². The molecule has 237 valence electrons. The number of furan rings is 1. The topological polar surface area (TPSA) is 56.2 Å². The normalized spacial score (nSPS) is 13.6. The molecule has 0 N–H and O–H groups in total. The van der Waals surface area contributed by atoms with Gasteiger partial charge in [0.15, 0.2) is 0 Å². The van der Waals surface area contributed by atoms with Gasteiger partial charge >= 0.3 is 0 Å². The van der Waals surface area contributed by atoms with Crippen molar-refractivity contribution < 1.29 is 32.7 Å². The number of fused-ring (bicyclic) bond motifs is 11. The number of para-hydroxylation sites is 2. The smallest absolute Gasteiger partial charge is 0.136 e. The first-order valence-electron chi connectivity index (χ1n) is 18.4. The van der Waals surface area contributed by atoms with Crippen LogP contribution in [0.25, 0.3) is 82.7 Å². The van der Waals surface area contributed by atoms with Crippen molar-refractivity contribution in [3.8, 4) is 22.4 Å². The van der Waals surface area contributed by atoms with E-state index in [1.165, 1.54) is 30.1 Å². The Morgan fingerprint density at radius 1 is 0.673 bits per heavy atom. The van der Waals surface area contributed by atoms with Crippen molar-refractivity contribution in [2.75, 3.05) is 0 Å². The number of imidazole rings is 1. The van der Waals surface area contributed by atoms with Gasteiger partial charge in [-0.1, -0.05) is 66.8 Å².